The van der Waals surface area contributed by atoms with Crippen molar-refractivity contribution in [1.82, 2.24) is 15.1 Å². The molecule has 0 fully saturated rings. The minimum atomic E-state index is 0.877. The van der Waals surface area contributed by atoms with Crippen molar-refractivity contribution in [3.05, 3.63) is 46.8 Å². The summed E-state index contributed by atoms with van der Waals surface area (Å²) in [6.45, 7) is 9.10. The molecule has 21 heavy (non-hydrogen) atoms. The van der Waals surface area contributed by atoms with Crippen LogP contribution in [0.5, 0.6) is 5.75 Å². The second-order valence-corrected chi connectivity index (χ2v) is 5.24. The highest BCUT2D eigenvalue weighted by Crippen LogP contribution is 2.14. The Labute approximate surface area is 127 Å². The minimum absolute atomic E-state index is 0.877. The summed E-state index contributed by atoms with van der Waals surface area (Å²) < 4.78 is 7.31. The van der Waals surface area contributed by atoms with E-state index in [4.69, 9.17) is 4.74 Å². The molecular weight excluding hydrogens is 262 g/mol. The van der Waals surface area contributed by atoms with Crippen LogP contribution in [0.1, 0.15) is 29.4 Å². The molecule has 0 atom stereocenters. The van der Waals surface area contributed by atoms with Gasteiger partial charge in [-0.05, 0) is 51.4 Å². The first-order chi connectivity index (χ1) is 10.2. The quantitative estimate of drug-likeness (QED) is 0.796. The van der Waals surface area contributed by atoms with Crippen LogP contribution < -0.4 is 10.1 Å². The molecule has 114 valence electrons. The zero-order valence-corrected chi connectivity index (χ0v) is 13.4. The number of nitrogens with one attached hydrogen (secondary N) is 1. The van der Waals surface area contributed by atoms with Gasteiger partial charge in [0.15, 0.2) is 0 Å². The number of nitrogens with zero attached hydrogens (tertiary/aromatic N) is 2. The van der Waals surface area contributed by atoms with E-state index in [0.717, 1.165) is 37.5 Å². The summed E-state index contributed by atoms with van der Waals surface area (Å²) in [5.74, 6) is 0.920. The van der Waals surface area contributed by atoms with Crippen LogP contribution in [0.4, 0.5) is 0 Å². The van der Waals surface area contributed by atoms with Gasteiger partial charge in [-0.3, -0.25) is 4.68 Å². The Morgan fingerprint density at radius 2 is 2.10 bits per heavy atom. The van der Waals surface area contributed by atoms with Gasteiger partial charge in [0.05, 0.1) is 12.8 Å². The van der Waals surface area contributed by atoms with E-state index in [1.807, 2.05) is 12.1 Å². The van der Waals surface area contributed by atoms with E-state index in [1.54, 1.807) is 7.11 Å². The lowest BCUT2D eigenvalue weighted by atomic mass is 10.1. The zero-order chi connectivity index (χ0) is 15.2. The van der Waals surface area contributed by atoms with Crippen LogP contribution in [0.15, 0.2) is 24.3 Å². The van der Waals surface area contributed by atoms with E-state index in [-0.39, 0.29) is 0 Å². The maximum atomic E-state index is 5.25. The summed E-state index contributed by atoms with van der Waals surface area (Å²) in [6, 6.07) is 8.24. The maximum Gasteiger partial charge on any atom is 0.119 e. The fourth-order valence-electron chi connectivity index (χ4n) is 2.57. The molecule has 0 radical (unpaired) electrons. The fraction of sp³-hybridized carbons (Fsp3) is 0.471. The summed E-state index contributed by atoms with van der Waals surface area (Å²) in [6.07, 6.45) is 0.997. The molecule has 1 heterocycles. The molecule has 0 saturated carbocycles. The molecule has 0 aliphatic heterocycles. The average Bonchev–Trinajstić information content (AvgIpc) is 2.78. The number of rotatable bonds is 7. The van der Waals surface area contributed by atoms with E-state index >= 15 is 0 Å². The van der Waals surface area contributed by atoms with E-state index in [2.05, 4.69) is 48.0 Å². The molecular formula is C17H25N3O. The molecule has 1 aromatic heterocycles. The molecule has 0 spiro atoms. The van der Waals surface area contributed by atoms with Crippen molar-refractivity contribution in [3.63, 3.8) is 0 Å². The molecule has 4 heteroatoms. The lowest BCUT2D eigenvalue weighted by Crippen LogP contribution is -2.17. The molecule has 0 saturated heterocycles. The normalized spacial score (nSPS) is 10.9. The Morgan fingerprint density at radius 1 is 1.29 bits per heavy atom. The first-order valence-electron chi connectivity index (χ1n) is 7.52. The van der Waals surface area contributed by atoms with Gasteiger partial charge in [-0.25, -0.2) is 0 Å². The van der Waals surface area contributed by atoms with E-state index in [9.17, 15) is 0 Å². The number of hydrogen-bond acceptors (Lipinski definition) is 3. The van der Waals surface area contributed by atoms with Crippen LogP contribution in [0.3, 0.4) is 0 Å². The van der Waals surface area contributed by atoms with Gasteiger partial charge in [0.25, 0.3) is 0 Å². The zero-order valence-electron chi connectivity index (χ0n) is 13.4. The molecule has 0 unspecified atom stereocenters. The molecule has 1 aromatic carbocycles. The number of aromatic nitrogens is 2. The smallest absolute Gasteiger partial charge is 0.119 e. The van der Waals surface area contributed by atoms with E-state index in [1.165, 1.54) is 16.8 Å². The van der Waals surface area contributed by atoms with Gasteiger partial charge < -0.3 is 10.1 Å². The van der Waals surface area contributed by atoms with Crippen LogP contribution in [0.2, 0.25) is 0 Å². The highest BCUT2D eigenvalue weighted by atomic mass is 16.5. The van der Waals surface area contributed by atoms with Gasteiger partial charge in [0.2, 0.25) is 0 Å². The monoisotopic (exact) mass is 287 g/mol. The number of benzene rings is 1. The molecule has 0 bridgehead atoms. The molecule has 4 nitrogen and oxygen atoms in total. The second kappa shape index (κ2) is 7.27. The highest BCUT2D eigenvalue weighted by Gasteiger charge is 2.09. The SMILES string of the molecule is CCn1nc(C)c(CNCCc2cccc(OC)c2)c1C. The van der Waals surface area contributed by atoms with Crippen molar-refractivity contribution in [2.75, 3.05) is 13.7 Å². The van der Waals surface area contributed by atoms with Crippen molar-refractivity contribution in [1.29, 1.82) is 0 Å². The Bertz CT molecular complexity index is 590. The number of hydrogen-bond donors (Lipinski definition) is 1. The Hall–Kier alpha value is -1.81. The molecule has 1 N–H and O–H groups in total. The third kappa shape index (κ3) is 3.85. The van der Waals surface area contributed by atoms with Crippen LogP contribution in [-0.2, 0) is 19.5 Å². The average molecular weight is 287 g/mol. The number of aryl methyl sites for hydroxylation is 2. The van der Waals surface area contributed by atoms with Gasteiger partial charge in [0.1, 0.15) is 5.75 Å². The van der Waals surface area contributed by atoms with Crippen molar-refractivity contribution >= 4 is 0 Å². The van der Waals surface area contributed by atoms with Gasteiger partial charge in [-0.2, -0.15) is 5.10 Å². The third-order valence-corrected chi connectivity index (χ3v) is 3.86. The third-order valence-electron chi connectivity index (χ3n) is 3.86. The van der Waals surface area contributed by atoms with Crippen molar-refractivity contribution in [3.8, 4) is 5.75 Å². The second-order valence-electron chi connectivity index (χ2n) is 5.24. The Kier molecular flexibility index (Phi) is 5.39. The number of ether oxygens (including phenoxy) is 1. The fourth-order valence-corrected chi connectivity index (χ4v) is 2.57. The molecule has 0 amide bonds. The standard InChI is InChI=1S/C17H25N3O/c1-5-20-14(3)17(13(2)19-20)12-18-10-9-15-7-6-8-16(11-15)21-4/h6-8,11,18H,5,9-10,12H2,1-4H3. The highest BCUT2D eigenvalue weighted by molar-refractivity contribution is 5.28. The van der Waals surface area contributed by atoms with E-state index < -0.39 is 0 Å². The molecule has 0 aliphatic rings. The molecule has 2 aromatic rings. The summed E-state index contributed by atoms with van der Waals surface area (Å²) >= 11 is 0. The number of methoxy groups -OCH3 is 1. The minimum Gasteiger partial charge on any atom is -0.497 e. The van der Waals surface area contributed by atoms with Gasteiger partial charge in [-0.1, -0.05) is 12.1 Å². The van der Waals surface area contributed by atoms with Gasteiger partial charge in [0, 0.05) is 24.3 Å². The lowest BCUT2D eigenvalue weighted by molar-refractivity contribution is 0.414. The largest absolute Gasteiger partial charge is 0.497 e. The topological polar surface area (TPSA) is 39.1 Å². The van der Waals surface area contributed by atoms with Crippen LogP contribution in [0, 0.1) is 13.8 Å². The summed E-state index contributed by atoms with van der Waals surface area (Å²) in [7, 11) is 1.70. The lowest BCUT2D eigenvalue weighted by Gasteiger charge is -2.07. The van der Waals surface area contributed by atoms with Crippen molar-refractivity contribution in [2.24, 2.45) is 0 Å². The Morgan fingerprint density at radius 3 is 2.76 bits per heavy atom. The summed E-state index contributed by atoms with van der Waals surface area (Å²) in [4.78, 5) is 0. The van der Waals surface area contributed by atoms with Crippen LogP contribution >= 0.6 is 0 Å². The van der Waals surface area contributed by atoms with E-state index in [0.29, 0.717) is 0 Å². The maximum absolute atomic E-state index is 5.25. The first kappa shape index (κ1) is 15.6. The predicted molar refractivity (Wildman–Crippen MR) is 85.8 cm³/mol. The molecule has 0 aliphatic carbocycles. The van der Waals surface area contributed by atoms with Crippen molar-refractivity contribution < 1.29 is 4.74 Å². The van der Waals surface area contributed by atoms with Crippen molar-refractivity contribution in [2.45, 2.75) is 40.3 Å². The predicted octanol–water partition coefficient (Wildman–Crippen LogP) is 2.86. The summed E-state index contributed by atoms with van der Waals surface area (Å²) in [5.41, 5.74) is 5.01. The van der Waals surface area contributed by atoms with Gasteiger partial charge in [-0.15, -0.1) is 0 Å². The van der Waals surface area contributed by atoms with Crippen LogP contribution in [0.25, 0.3) is 0 Å². The van der Waals surface area contributed by atoms with Gasteiger partial charge >= 0.3 is 0 Å². The van der Waals surface area contributed by atoms with Crippen LogP contribution in [-0.4, -0.2) is 23.4 Å². The first-order valence-corrected chi connectivity index (χ1v) is 7.52. The Balaban J connectivity index is 1.86. The molecule has 2 rings (SSSR count). The summed E-state index contributed by atoms with van der Waals surface area (Å²) in [5, 5.41) is 8.06.